The normalized spacial score (nSPS) is 14.2. The molecular weight excluding hydrogens is 406 g/mol. The number of hydrogen-bond donors (Lipinski definition) is 2. The number of nitrogens with one attached hydrogen (secondary N) is 1. The minimum atomic E-state index is -0.381. The fourth-order valence-electron chi connectivity index (χ4n) is 3.01. The highest BCUT2D eigenvalue weighted by Crippen LogP contribution is 2.35. The molecule has 0 fully saturated rings. The second-order valence-corrected chi connectivity index (χ2v) is 8.58. The lowest BCUT2D eigenvalue weighted by atomic mass is 10.2. The molecule has 2 aromatic heterocycles. The molecule has 0 saturated carbocycles. The maximum atomic E-state index is 12.0. The van der Waals surface area contributed by atoms with Crippen LogP contribution in [-0.2, 0) is 4.74 Å². The molecule has 148 valence electrons. The third-order valence-electron chi connectivity index (χ3n) is 4.35. The number of amidine groups is 1. The lowest BCUT2D eigenvalue weighted by Crippen LogP contribution is -2.26. The predicted octanol–water partition coefficient (Wildman–Crippen LogP) is 5.20. The number of esters is 1. The van der Waals surface area contributed by atoms with Crippen LogP contribution in [0.4, 0.5) is 5.69 Å². The summed E-state index contributed by atoms with van der Waals surface area (Å²) in [6.07, 6.45) is -0.185. The van der Waals surface area contributed by atoms with Crippen LogP contribution in [0.15, 0.2) is 52.9 Å². The van der Waals surface area contributed by atoms with Crippen LogP contribution in [0.5, 0.6) is 0 Å². The monoisotopic (exact) mass is 425 g/mol. The van der Waals surface area contributed by atoms with E-state index in [1.807, 2.05) is 22.9 Å². The van der Waals surface area contributed by atoms with Crippen LogP contribution >= 0.6 is 22.7 Å². The molecule has 0 amide bonds. The molecule has 3 heterocycles. The molecule has 3 aromatic rings. The van der Waals surface area contributed by atoms with Gasteiger partial charge in [0.1, 0.15) is 16.6 Å². The SMILES string of the molecule is CC(C)OC(=O)c1ccc(N2CC(O)=C(c3nc(-c4cccs4)cs3)C2=N)cc1. The number of aliphatic hydroxyl groups excluding tert-OH is 1. The smallest absolute Gasteiger partial charge is 0.338 e. The van der Waals surface area contributed by atoms with E-state index in [4.69, 9.17) is 10.1 Å². The third kappa shape index (κ3) is 3.81. The van der Waals surface area contributed by atoms with Crippen molar-refractivity contribution in [1.29, 1.82) is 5.41 Å². The minimum absolute atomic E-state index is 0.116. The number of nitrogens with zero attached hydrogens (tertiary/aromatic N) is 2. The largest absolute Gasteiger partial charge is 0.510 e. The molecule has 1 aromatic carbocycles. The molecule has 0 atom stereocenters. The van der Waals surface area contributed by atoms with E-state index < -0.39 is 0 Å². The van der Waals surface area contributed by atoms with Crippen LogP contribution in [0.3, 0.4) is 0 Å². The standard InChI is InChI=1S/C21H19N3O3S2/c1-12(2)27-21(26)13-5-7-14(8-6-13)24-10-16(25)18(19(24)22)20-23-15(11-29-20)17-4-3-9-28-17/h3-9,11-12,22,25H,10H2,1-2H3. The molecule has 0 aliphatic carbocycles. The van der Waals surface area contributed by atoms with E-state index in [1.165, 1.54) is 11.3 Å². The molecule has 1 aliphatic heterocycles. The molecule has 0 bridgehead atoms. The predicted molar refractivity (Wildman–Crippen MR) is 117 cm³/mol. The summed E-state index contributed by atoms with van der Waals surface area (Å²) in [5.41, 5.74) is 2.46. The Hall–Kier alpha value is -2.97. The van der Waals surface area contributed by atoms with Crippen molar-refractivity contribution in [3.8, 4) is 10.6 Å². The highest BCUT2D eigenvalue weighted by atomic mass is 32.1. The first-order chi connectivity index (χ1) is 13.9. The molecular formula is C21H19N3O3S2. The molecule has 4 rings (SSSR count). The molecule has 0 unspecified atom stereocenters. The second kappa shape index (κ2) is 7.81. The van der Waals surface area contributed by atoms with Crippen molar-refractivity contribution in [3.05, 3.63) is 63.5 Å². The lowest BCUT2D eigenvalue weighted by Gasteiger charge is -2.19. The number of ether oxygens (including phenoxy) is 1. The Balaban J connectivity index is 1.54. The highest BCUT2D eigenvalue weighted by Gasteiger charge is 2.31. The first-order valence-electron chi connectivity index (χ1n) is 9.03. The Morgan fingerprint density at radius 2 is 2.00 bits per heavy atom. The molecule has 29 heavy (non-hydrogen) atoms. The highest BCUT2D eigenvalue weighted by molar-refractivity contribution is 7.14. The van der Waals surface area contributed by atoms with Gasteiger partial charge in [-0.2, -0.15) is 0 Å². The summed E-state index contributed by atoms with van der Waals surface area (Å²) in [6, 6.07) is 10.8. The van der Waals surface area contributed by atoms with Gasteiger partial charge in [0.2, 0.25) is 0 Å². The average Bonchev–Trinajstić information content (AvgIpc) is 3.41. The van der Waals surface area contributed by atoms with Gasteiger partial charge in [0.15, 0.2) is 0 Å². The summed E-state index contributed by atoms with van der Waals surface area (Å²) >= 11 is 3.01. The molecule has 0 radical (unpaired) electrons. The van der Waals surface area contributed by atoms with E-state index in [9.17, 15) is 9.90 Å². The number of hydrogen-bond acceptors (Lipinski definition) is 7. The van der Waals surface area contributed by atoms with Crippen LogP contribution in [-0.4, -0.2) is 34.5 Å². The zero-order valence-corrected chi connectivity index (χ0v) is 17.5. The van der Waals surface area contributed by atoms with Gasteiger partial charge in [-0.25, -0.2) is 9.78 Å². The Morgan fingerprint density at radius 1 is 1.24 bits per heavy atom. The van der Waals surface area contributed by atoms with Crippen LogP contribution in [0.2, 0.25) is 0 Å². The van der Waals surface area contributed by atoms with Gasteiger partial charge < -0.3 is 14.7 Å². The molecule has 8 heteroatoms. The van der Waals surface area contributed by atoms with Gasteiger partial charge in [-0.05, 0) is 49.6 Å². The fourth-order valence-corrected chi connectivity index (χ4v) is 4.66. The maximum absolute atomic E-state index is 12.0. The van der Waals surface area contributed by atoms with Gasteiger partial charge >= 0.3 is 5.97 Å². The summed E-state index contributed by atoms with van der Waals surface area (Å²) < 4.78 is 5.20. The van der Waals surface area contributed by atoms with Crippen molar-refractivity contribution in [3.63, 3.8) is 0 Å². The zero-order chi connectivity index (χ0) is 20.5. The van der Waals surface area contributed by atoms with E-state index in [1.54, 1.807) is 54.3 Å². The Bertz CT molecular complexity index is 1080. The van der Waals surface area contributed by atoms with E-state index in [-0.39, 0.29) is 30.2 Å². The number of anilines is 1. The van der Waals surface area contributed by atoms with Crippen molar-refractivity contribution in [2.24, 2.45) is 0 Å². The number of carbonyl (C=O) groups is 1. The Kier molecular flexibility index (Phi) is 5.21. The molecule has 0 saturated heterocycles. The van der Waals surface area contributed by atoms with E-state index >= 15 is 0 Å². The summed E-state index contributed by atoms with van der Waals surface area (Å²) in [6.45, 7) is 3.80. The van der Waals surface area contributed by atoms with E-state index in [2.05, 4.69) is 4.98 Å². The van der Waals surface area contributed by atoms with E-state index in [0.717, 1.165) is 10.6 Å². The topological polar surface area (TPSA) is 86.5 Å². The average molecular weight is 426 g/mol. The van der Waals surface area contributed by atoms with Crippen LogP contribution < -0.4 is 4.90 Å². The number of aliphatic hydroxyl groups is 1. The minimum Gasteiger partial charge on any atom is -0.510 e. The summed E-state index contributed by atoms with van der Waals surface area (Å²) in [5.74, 6) is -0.0777. The second-order valence-electron chi connectivity index (χ2n) is 6.77. The van der Waals surface area contributed by atoms with Crippen LogP contribution in [0, 0.1) is 5.41 Å². The first-order valence-corrected chi connectivity index (χ1v) is 10.8. The van der Waals surface area contributed by atoms with Crippen molar-refractivity contribution in [2.75, 3.05) is 11.4 Å². The number of benzene rings is 1. The van der Waals surface area contributed by atoms with Crippen molar-refractivity contribution >= 4 is 45.7 Å². The number of carbonyl (C=O) groups excluding carboxylic acids is 1. The van der Waals surface area contributed by atoms with Gasteiger partial charge in [0, 0.05) is 11.1 Å². The van der Waals surface area contributed by atoms with Crippen molar-refractivity contribution in [2.45, 2.75) is 20.0 Å². The van der Waals surface area contributed by atoms with Gasteiger partial charge in [-0.15, -0.1) is 22.7 Å². The van der Waals surface area contributed by atoms with Gasteiger partial charge in [0.25, 0.3) is 0 Å². The summed E-state index contributed by atoms with van der Waals surface area (Å²) in [5, 5.41) is 23.6. The molecule has 6 nitrogen and oxygen atoms in total. The molecule has 1 aliphatic rings. The van der Waals surface area contributed by atoms with Crippen molar-refractivity contribution < 1.29 is 14.6 Å². The van der Waals surface area contributed by atoms with Gasteiger partial charge in [-0.3, -0.25) is 5.41 Å². The fraction of sp³-hybridized carbons (Fsp3) is 0.190. The van der Waals surface area contributed by atoms with Gasteiger partial charge in [-0.1, -0.05) is 6.07 Å². The Morgan fingerprint density at radius 3 is 2.66 bits per heavy atom. The Labute approximate surface area is 176 Å². The molecule has 2 N–H and O–H groups in total. The number of thiazole rings is 1. The molecule has 0 spiro atoms. The third-order valence-corrected chi connectivity index (χ3v) is 6.10. The first kappa shape index (κ1) is 19.4. The van der Waals surface area contributed by atoms with Crippen LogP contribution in [0.1, 0.15) is 29.2 Å². The quantitative estimate of drug-likeness (QED) is 0.549. The maximum Gasteiger partial charge on any atom is 0.338 e. The summed E-state index contributed by atoms with van der Waals surface area (Å²) in [4.78, 5) is 19.4. The lowest BCUT2D eigenvalue weighted by molar-refractivity contribution is 0.0378. The number of rotatable bonds is 5. The number of aromatic nitrogens is 1. The van der Waals surface area contributed by atoms with Crippen LogP contribution in [0.25, 0.3) is 16.1 Å². The zero-order valence-electron chi connectivity index (χ0n) is 15.9. The van der Waals surface area contributed by atoms with Gasteiger partial charge in [0.05, 0.1) is 34.4 Å². The summed E-state index contributed by atoms with van der Waals surface area (Å²) in [7, 11) is 0. The van der Waals surface area contributed by atoms with E-state index in [0.29, 0.717) is 21.8 Å². The van der Waals surface area contributed by atoms with Crippen molar-refractivity contribution in [1.82, 2.24) is 4.98 Å². The number of thiophene rings is 1.